The number of nitrogens with two attached hydrogens (primary N) is 1. The van der Waals surface area contributed by atoms with Gasteiger partial charge in [0.25, 0.3) is 0 Å². The summed E-state index contributed by atoms with van der Waals surface area (Å²) >= 11 is 0. The van der Waals surface area contributed by atoms with Gasteiger partial charge < -0.3 is 10.9 Å². The largest absolute Gasteiger partial charge is 0.409 e. The van der Waals surface area contributed by atoms with Crippen LogP contribution in [0.4, 0.5) is 0 Å². The van der Waals surface area contributed by atoms with Crippen LogP contribution in [0.25, 0.3) is 0 Å². The first-order valence-corrected chi connectivity index (χ1v) is 5.84. The van der Waals surface area contributed by atoms with Crippen molar-refractivity contribution in [2.45, 2.75) is 32.4 Å². The third-order valence-corrected chi connectivity index (χ3v) is 3.29. The smallest absolute Gasteiger partial charge is 0.156 e. The molecule has 1 fully saturated rings. The molecule has 1 aromatic heterocycles. The fourth-order valence-corrected chi connectivity index (χ4v) is 2.29. The summed E-state index contributed by atoms with van der Waals surface area (Å²) in [7, 11) is 0. The van der Waals surface area contributed by atoms with E-state index in [4.69, 9.17) is 10.9 Å². The summed E-state index contributed by atoms with van der Waals surface area (Å²) in [6.07, 6.45) is 3.82. The van der Waals surface area contributed by atoms with E-state index in [0.29, 0.717) is 5.84 Å². The monoisotopic (exact) mass is 234 g/mol. The summed E-state index contributed by atoms with van der Waals surface area (Å²) in [5.74, 6) is 0.302. The molecule has 1 aliphatic heterocycles. The van der Waals surface area contributed by atoms with Gasteiger partial charge in [-0.25, -0.2) is 0 Å². The van der Waals surface area contributed by atoms with Crippen molar-refractivity contribution in [1.82, 2.24) is 9.88 Å². The van der Waals surface area contributed by atoms with Crippen LogP contribution in [0.5, 0.6) is 0 Å². The Morgan fingerprint density at radius 1 is 1.71 bits per heavy atom. The van der Waals surface area contributed by atoms with Crippen LogP contribution in [-0.2, 0) is 6.54 Å². The Balaban J connectivity index is 2.11. The van der Waals surface area contributed by atoms with Crippen LogP contribution in [0.15, 0.2) is 23.5 Å². The van der Waals surface area contributed by atoms with Crippen LogP contribution >= 0.6 is 0 Å². The molecule has 1 unspecified atom stereocenters. The van der Waals surface area contributed by atoms with Crippen molar-refractivity contribution in [3.8, 4) is 0 Å². The SMILES string of the molecule is Cc1cccnc1CN1CCCC1/C(N)=N/O. The van der Waals surface area contributed by atoms with Gasteiger partial charge in [-0.3, -0.25) is 9.88 Å². The van der Waals surface area contributed by atoms with E-state index in [2.05, 4.69) is 28.0 Å². The van der Waals surface area contributed by atoms with Gasteiger partial charge in [0.2, 0.25) is 0 Å². The first-order chi connectivity index (χ1) is 8.22. The first-order valence-electron chi connectivity index (χ1n) is 5.84. The van der Waals surface area contributed by atoms with Crippen molar-refractivity contribution >= 4 is 5.84 Å². The number of hydrogen-bond donors (Lipinski definition) is 2. The molecule has 17 heavy (non-hydrogen) atoms. The minimum Gasteiger partial charge on any atom is -0.409 e. The van der Waals surface area contributed by atoms with Crippen LogP contribution in [0.2, 0.25) is 0 Å². The molecule has 92 valence electrons. The van der Waals surface area contributed by atoms with Crippen LogP contribution < -0.4 is 5.73 Å². The number of nitrogens with zero attached hydrogens (tertiary/aromatic N) is 3. The molecule has 1 aliphatic rings. The molecule has 2 rings (SSSR count). The Morgan fingerprint density at radius 3 is 3.24 bits per heavy atom. The zero-order chi connectivity index (χ0) is 12.3. The molecule has 0 saturated carbocycles. The van der Waals surface area contributed by atoms with Gasteiger partial charge in [-0.2, -0.15) is 0 Å². The van der Waals surface area contributed by atoms with Crippen molar-refractivity contribution in [2.75, 3.05) is 6.54 Å². The van der Waals surface area contributed by atoms with Gasteiger partial charge in [0, 0.05) is 12.7 Å². The third-order valence-electron chi connectivity index (χ3n) is 3.29. The minimum atomic E-state index is 0.0430. The average Bonchev–Trinajstić information content (AvgIpc) is 2.79. The molecule has 3 N–H and O–H groups in total. The lowest BCUT2D eigenvalue weighted by atomic mass is 10.1. The Morgan fingerprint density at radius 2 is 2.53 bits per heavy atom. The number of likely N-dealkylation sites (tertiary alicyclic amines) is 1. The molecule has 2 heterocycles. The fraction of sp³-hybridized carbons (Fsp3) is 0.500. The second kappa shape index (κ2) is 5.14. The molecule has 0 aliphatic carbocycles. The topological polar surface area (TPSA) is 74.7 Å². The number of pyridine rings is 1. The molecular weight excluding hydrogens is 216 g/mol. The first kappa shape index (κ1) is 11.9. The van der Waals surface area contributed by atoms with E-state index in [0.717, 1.165) is 31.6 Å². The van der Waals surface area contributed by atoms with E-state index in [1.54, 1.807) is 6.20 Å². The minimum absolute atomic E-state index is 0.0430. The van der Waals surface area contributed by atoms with Gasteiger partial charge >= 0.3 is 0 Å². The number of oxime groups is 1. The van der Waals surface area contributed by atoms with E-state index >= 15 is 0 Å². The van der Waals surface area contributed by atoms with Gasteiger partial charge in [-0.05, 0) is 37.9 Å². The van der Waals surface area contributed by atoms with Crippen molar-refractivity contribution in [2.24, 2.45) is 10.9 Å². The van der Waals surface area contributed by atoms with Crippen molar-refractivity contribution < 1.29 is 5.21 Å². The number of amidine groups is 1. The molecule has 5 nitrogen and oxygen atoms in total. The van der Waals surface area contributed by atoms with E-state index in [1.165, 1.54) is 5.56 Å². The highest BCUT2D eigenvalue weighted by Crippen LogP contribution is 2.20. The highest BCUT2D eigenvalue weighted by Gasteiger charge is 2.28. The Hall–Kier alpha value is -1.62. The standard InChI is InChI=1S/C12H18N4O/c1-9-4-2-6-14-10(9)8-16-7-3-5-11(16)12(13)15-17/h2,4,6,11,17H,3,5,7-8H2,1H3,(H2,13,15). The van der Waals surface area contributed by atoms with E-state index < -0.39 is 0 Å². The van der Waals surface area contributed by atoms with Crippen LogP contribution in [-0.4, -0.2) is 33.5 Å². The zero-order valence-corrected chi connectivity index (χ0v) is 10.0. The molecule has 1 atom stereocenters. The molecule has 0 amide bonds. The summed E-state index contributed by atoms with van der Waals surface area (Å²) in [5, 5.41) is 11.9. The average molecular weight is 234 g/mol. The van der Waals surface area contributed by atoms with Gasteiger partial charge in [-0.15, -0.1) is 0 Å². The maximum atomic E-state index is 8.75. The molecule has 5 heteroatoms. The highest BCUT2D eigenvalue weighted by molar-refractivity contribution is 5.85. The van der Waals surface area contributed by atoms with Crippen molar-refractivity contribution in [3.63, 3.8) is 0 Å². The number of aryl methyl sites for hydroxylation is 1. The highest BCUT2D eigenvalue weighted by atomic mass is 16.4. The molecule has 0 radical (unpaired) electrons. The van der Waals surface area contributed by atoms with Gasteiger partial charge in [-0.1, -0.05) is 11.2 Å². The maximum absolute atomic E-state index is 8.75. The normalized spacial score (nSPS) is 21.9. The van der Waals surface area contributed by atoms with Crippen molar-refractivity contribution in [1.29, 1.82) is 0 Å². The number of hydrogen-bond acceptors (Lipinski definition) is 4. The van der Waals surface area contributed by atoms with E-state index in [9.17, 15) is 0 Å². The fourth-order valence-electron chi connectivity index (χ4n) is 2.29. The van der Waals surface area contributed by atoms with E-state index in [-0.39, 0.29) is 6.04 Å². The van der Waals surface area contributed by atoms with Gasteiger partial charge in [0.1, 0.15) is 0 Å². The molecule has 0 spiro atoms. The molecular formula is C12H18N4O. The third kappa shape index (κ3) is 2.55. The summed E-state index contributed by atoms with van der Waals surface area (Å²) in [4.78, 5) is 6.59. The van der Waals surface area contributed by atoms with Crippen LogP contribution in [0, 0.1) is 6.92 Å². The van der Waals surface area contributed by atoms with Gasteiger partial charge in [0.05, 0.1) is 11.7 Å². The molecule has 0 aromatic carbocycles. The lowest BCUT2D eigenvalue weighted by Crippen LogP contribution is -2.40. The molecule has 1 saturated heterocycles. The molecule has 1 aromatic rings. The lowest BCUT2D eigenvalue weighted by molar-refractivity contribution is 0.272. The number of aromatic nitrogens is 1. The zero-order valence-electron chi connectivity index (χ0n) is 10.0. The molecule has 0 bridgehead atoms. The predicted octanol–water partition coefficient (Wildman–Crippen LogP) is 1.10. The Kier molecular flexibility index (Phi) is 3.58. The second-order valence-corrected chi connectivity index (χ2v) is 4.42. The lowest BCUT2D eigenvalue weighted by Gasteiger charge is -2.23. The second-order valence-electron chi connectivity index (χ2n) is 4.42. The quantitative estimate of drug-likeness (QED) is 0.355. The number of rotatable bonds is 3. The summed E-state index contributed by atoms with van der Waals surface area (Å²) in [5.41, 5.74) is 7.94. The predicted molar refractivity (Wildman–Crippen MR) is 65.8 cm³/mol. The van der Waals surface area contributed by atoms with E-state index in [1.807, 2.05) is 6.07 Å². The van der Waals surface area contributed by atoms with Crippen molar-refractivity contribution in [3.05, 3.63) is 29.6 Å². The van der Waals surface area contributed by atoms with Crippen LogP contribution in [0.3, 0.4) is 0 Å². The summed E-state index contributed by atoms with van der Waals surface area (Å²) in [6, 6.07) is 4.03. The summed E-state index contributed by atoms with van der Waals surface area (Å²) in [6.45, 7) is 3.78. The van der Waals surface area contributed by atoms with Gasteiger partial charge in [0.15, 0.2) is 5.84 Å². The van der Waals surface area contributed by atoms with Crippen LogP contribution in [0.1, 0.15) is 24.1 Å². The Bertz CT molecular complexity index is 419. The Labute approximate surface area is 101 Å². The maximum Gasteiger partial charge on any atom is 0.156 e. The summed E-state index contributed by atoms with van der Waals surface area (Å²) < 4.78 is 0.